The molecule has 6 nitrogen and oxygen atoms in total. The van der Waals surface area contributed by atoms with Crippen molar-refractivity contribution < 1.29 is 9.21 Å². The van der Waals surface area contributed by atoms with Gasteiger partial charge in [-0.15, -0.1) is 0 Å². The molecule has 1 amide bonds. The molecule has 1 aliphatic heterocycles. The van der Waals surface area contributed by atoms with E-state index in [1.807, 2.05) is 0 Å². The highest BCUT2D eigenvalue weighted by Gasteiger charge is 2.20. The molecule has 0 aliphatic carbocycles. The van der Waals surface area contributed by atoms with Crippen molar-refractivity contribution in [2.24, 2.45) is 5.92 Å². The molecule has 1 saturated heterocycles. The summed E-state index contributed by atoms with van der Waals surface area (Å²) >= 11 is 0. The number of H-pyrrole nitrogens is 1. The Morgan fingerprint density at radius 1 is 1.17 bits per heavy atom. The predicted molar refractivity (Wildman–Crippen MR) is 114 cm³/mol. The maximum atomic E-state index is 12.3. The highest BCUT2D eigenvalue weighted by Crippen LogP contribution is 2.22. The van der Waals surface area contributed by atoms with Crippen LogP contribution in [0.25, 0.3) is 11.1 Å². The maximum absolute atomic E-state index is 12.3. The zero-order valence-corrected chi connectivity index (χ0v) is 16.7. The van der Waals surface area contributed by atoms with E-state index >= 15 is 0 Å². The van der Waals surface area contributed by atoms with Gasteiger partial charge in [0.1, 0.15) is 0 Å². The van der Waals surface area contributed by atoms with Gasteiger partial charge in [0.05, 0.1) is 5.52 Å². The van der Waals surface area contributed by atoms with Crippen LogP contribution in [0.4, 0.5) is 5.69 Å². The molecule has 0 atom stereocenters. The average molecular weight is 393 g/mol. The first-order chi connectivity index (χ1) is 14.0. The number of aryl methyl sites for hydroxylation is 1. The number of oxazole rings is 1. The molecule has 6 heteroatoms. The van der Waals surface area contributed by atoms with Crippen LogP contribution in [0.2, 0.25) is 0 Å². The number of amides is 1. The fourth-order valence-corrected chi connectivity index (χ4v) is 3.98. The van der Waals surface area contributed by atoms with E-state index < -0.39 is 5.76 Å². The SMILES string of the molecule is Cc1ccc(CC2CCN(CCC(=O)Nc3ccc4[nH]c(=O)oc4c3)CC2)cc1. The van der Waals surface area contributed by atoms with E-state index in [2.05, 4.69) is 46.4 Å². The van der Waals surface area contributed by atoms with E-state index in [9.17, 15) is 9.59 Å². The summed E-state index contributed by atoms with van der Waals surface area (Å²) in [6.07, 6.45) is 3.96. The normalized spacial score (nSPS) is 15.6. The minimum atomic E-state index is -0.491. The number of nitrogens with one attached hydrogen (secondary N) is 2. The number of anilines is 1. The van der Waals surface area contributed by atoms with Crippen LogP contribution < -0.4 is 11.1 Å². The Hall–Kier alpha value is -2.86. The van der Waals surface area contributed by atoms with Gasteiger partial charge < -0.3 is 14.6 Å². The third kappa shape index (κ3) is 5.15. The number of benzene rings is 2. The van der Waals surface area contributed by atoms with E-state index in [0.29, 0.717) is 23.2 Å². The standard InChI is InChI=1S/C23H27N3O3/c1-16-2-4-17(5-3-16)14-18-8-11-26(12-9-18)13-10-22(27)24-19-6-7-20-21(15-19)29-23(28)25-20/h2-7,15,18H,8-14H2,1H3,(H,24,27)(H,25,28). The molecule has 0 radical (unpaired) electrons. The Balaban J connectivity index is 1.20. The number of nitrogens with zero attached hydrogens (tertiary/aromatic N) is 1. The predicted octanol–water partition coefficient (Wildman–Crippen LogP) is 3.71. The third-order valence-corrected chi connectivity index (χ3v) is 5.71. The van der Waals surface area contributed by atoms with E-state index in [0.717, 1.165) is 32.0 Å². The van der Waals surface area contributed by atoms with Gasteiger partial charge in [-0.25, -0.2) is 4.79 Å². The van der Waals surface area contributed by atoms with Crippen LogP contribution in [0.5, 0.6) is 0 Å². The van der Waals surface area contributed by atoms with Crippen LogP contribution in [-0.4, -0.2) is 35.4 Å². The molecule has 152 valence electrons. The van der Waals surface area contributed by atoms with Gasteiger partial charge in [0.2, 0.25) is 5.91 Å². The summed E-state index contributed by atoms with van der Waals surface area (Å²) in [4.78, 5) is 28.5. The molecular weight excluding hydrogens is 366 g/mol. The van der Waals surface area contributed by atoms with Crippen molar-refractivity contribution >= 4 is 22.7 Å². The largest absolute Gasteiger partial charge is 0.417 e. The van der Waals surface area contributed by atoms with E-state index in [1.165, 1.54) is 24.0 Å². The molecule has 0 saturated carbocycles. The second-order valence-electron chi connectivity index (χ2n) is 8.00. The van der Waals surface area contributed by atoms with E-state index in [-0.39, 0.29) is 5.91 Å². The molecule has 29 heavy (non-hydrogen) atoms. The van der Waals surface area contributed by atoms with Gasteiger partial charge in [-0.3, -0.25) is 9.78 Å². The van der Waals surface area contributed by atoms with Crippen molar-refractivity contribution in [2.45, 2.75) is 32.6 Å². The number of fused-ring (bicyclic) bond motifs is 1. The van der Waals surface area contributed by atoms with Gasteiger partial charge in [-0.05, 0) is 62.9 Å². The third-order valence-electron chi connectivity index (χ3n) is 5.71. The number of likely N-dealkylation sites (tertiary alicyclic amines) is 1. The summed E-state index contributed by atoms with van der Waals surface area (Å²) in [6, 6.07) is 14.0. The molecule has 4 rings (SSSR count). The molecular formula is C23H27N3O3. The number of carbonyl (C=O) groups is 1. The summed E-state index contributed by atoms with van der Waals surface area (Å²) in [6.45, 7) is 4.98. The smallest absolute Gasteiger partial charge is 0.408 e. The first kappa shape index (κ1) is 19.5. The Morgan fingerprint density at radius 3 is 2.69 bits per heavy atom. The molecule has 1 fully saturated rings. The quantitative estimate of drug-likeness (QED) is 0.669. The van der Waals surface area contributed by atoms with Crippen LogP contribution in [0.3, 0.4) is 0 Å². The van der Waals surface area contributed by atoms with Crippen LogP contribution in [-0.2, 0) is 11.2 Å². The summed E-state index contributed by atoms with van der Waals surface area (Å²) < 4.78 is 5.03. The fraction of sp³-hybridized carbons (Fsp3) is 0.391. The zero-order valence-electron chi connectivity index (χ0n) is 16.7. The lowest BCUT2D eigenvalue weighted by atomic mass is 9.90. The minimum absolute atomic E-state index is 0.0241. The van der Waals surface area contributed by atoms with Gasteiger partial charge in [0.25, 0.3) is 0 Å². The van der Waals surface area contributed by atoms with Gasteiger partial charge in [0.15, 0.2) is 5.58 Å². The molecule has 1 aromatic heterocycles. The monoisotopic (exact) mass is 393 g/mol. The summed E-state index contributed by atoms with van der Waals surface area (Å²) in [5.41, 5.74) is 4.44. The van der Waals surface area contributed by atoms with E-state index in [4.69, 9.17) is 4.42 Å². The Kier molecular flexibility index (Phi) is 5.81. The van der Waals surface area contributed by atoms with Crippen molar-refractivity contribution in [3.63, 3.8) is 0 Å². The Morgan fingerprint density at radius 2 is 1.93 bits per heavy atom. The van der Waals surface area contributed by atoms with Crippen molar-refractivity contribution in [1.29, 1.82) is 0 Å². The van der Waals surface area contributed by atoms with Crippen molar-refractivity contribution in [2.75, 3.05) is 25.0 Å². The van der Waals surface area contributed by atoms with Crippen molar-refractivity contribution in [3.05, 3.63) is 64.1 Å². The number of hydrogen-bond donors (Lipinski definition) is 2. The number of piperidine rings is 1. The first-order valence-corrected chi connectivity index (χ1v) is 10.3. The molecule has 0 unspecified atom stereocenters. The van der Waals surface area contributed by atoms with E-state index in [1.54, 1.807) is 18.2 Å². The van der Waals surface area contributed by atoms with Gasteiger partial charge in [-0.1, -0.05) is 29.8 Å². The maximum Gasteiger partial charge on any atom is 0.417 e. The van der Waals surface area contributed by atoms with Gasteiger partial charge in [-0.2, -0.15) is 0 Å². The Labute approximate surface area is 169 Å². The lowest BCUT2D eigenvalue weighted by Gasteiger charge is -2.31. The Bertz CT molecular complexity index is 1030. The first-order valence-electron chi connectivity index (χ1n) is 10.3. The summed E-state index contributed by atoms with van der Waals surface area (Å²) in [5.74, 6) is 0.212. The zero-order chi connectivity index (χ0) is 20.2. The molecule has 2 aromatic carbocycles. The molecule has 2 heterocycles. The van der Waals surface area contributed by atoms with Crippen molar-refractivity contribution in [1.82, 2.24) is 9.88 Å². The number of rotatable bonds is 6. The molecule has 1 aliphatic rings. The molecule has 3 aromatic rings. The van der Waals surface area contributed by atoms with Gasteiger partial charge in [0, 0.05) is 24.7 Å². The van der Waals surface area contributed by atoms with Crippen LogP contribution >= 0.6 is 0 Å². The summed E-state index contributed by atoms with van der Waals surface area (Å²) in [5, 5.41) is 2.89. The molecule has 0 bridgehead atoms. The lowest BCUT2D eigenvalue weighted by molar-refractivity contribution is -0.116. The number of aromatic amines is 1. The van der Waals surface area contributed by atoms with Crippen LogP contribution in [0, 0.1) is 12.8 Å². The fourth-order valence-electron chi connectivity index (χ4n) is 3.98. The second-order valence-corrected chi connectivity index (χ2v) is 8.00. The van der Waals surface area contributed by atoms with Crippen LogP contribution in [0.15, 0.2) is 51.7 Å². The van der Waals surface area contributed by atoms with Crippen LogP contribution in [0.1, 0.15) is 30.4 Å². The summed E-state index contributed by atoms with van der Waals surface area (Å²) in [7, 11) is 0. The highest BCUT2D eigenvalue weighted by molar-refractivity contribution is 5.92. The van der Waals surface area contributed by atoms with Gasteiger partial charge >= 0.3 is 5.76 Å². The second kappa shape index (κ2) is 8.66. The minimum Gasteiger partial charge on any atom is -0.408 e. The lowest BCUT2D eigenvalue weighted by Crippen LogP contribution is -2.36. The highest BCUT2D eigenvalue weighted by atomic mass is 16.4. The number of aromatic nitrogens is 1. The molecule has 0 spiro atoms. The topological polar surface area (TPSA) is 78.3 Å². The molecule has 2 N–H and O–H groups in total. The van der Waals surface area contributed by atoms with Crippen molar-refractivity contribution in [3.8, 4) is 0 Å². The number of carbonyl (C=O) groups excluding carboxylic acids is 1. The number of hydrogen-bond acceptors (Lipinski definition) is 4. The average Bonchev–Trinajstić information content (AvgIpc) is 3.08.